The van der Waals surface area contributed by atoms with E-state index in [2.05, 4.69) is 24.4 Å². The number of fused-ring (bicyclic) bond motifs is 1. The van der Waals surface area contributed by atoms with Gasteiger partial charge < -0.3 is 14.8 Å². The molecule has 0 aliphatic carbocycles. The number of carbonyl (C=O) groups excluding carboxylic acids is 3. The molecule has 0 spiro atoms. The van der Waals surface area contributed by atoms with Crippen LogP contribution < -0.4 is 5.32 Å². The number of unbranched alkanes of at least 4 members (excludes halogenated alkanes) is 1. The van der Waals surface area contributed by atoms with Crippen molar-refractivity contribution in [1.29, 1.82) is 0 Å². The Hall–Kier alpha value is -5.34. The highest BCUT2D eigenvalue weighted by molar-refractivity contribution is 6.10. The molecular weight excluding hydrogens is 638 g/mol. The summed E-state index contributed by atoms with van der Waals surface area (Å²) in [5.74, 6) is -1.33. The van der Waals surface area contributed by atoms with Crippen molar-refractivity contribution in [2.45, 2.75) is 71.9 Å². The summed E-state index contributed by atoms with van der Waals surface area (Å²) >= 11 is 0. The van der Waals surface area contributed by atoms with Gasteiger partial charge in [-0.2, -0.15) is 5.10 Å². The molecule has 0 amide bonds. The van der Waals surface area contributed by atoms with Crippen molar-refractivity contribution in [3.8, 4) is 27.9 Å². The Morgan fingerprint density at radius 3 is 2.27 bits per heavy atom. The second kappa shape index (κ2) is 15.3. The number of nitrogens with zero attached hydrogens (tertiary/aromatic N) is 2. The van der Waals surface area contributed by atoms with Crippen LogP contribution in [0, 0.1) is 0 Å². The van der Waals surface area contributed by atoms with Gasteiger partial charge in [-0.25, -0.2) is 14.3 Å². The average Bonchev–Trinajstić information content (AvgIpc) is 3.52. The zero-order chi connectivity index (χ0) is 36.1. The molecule has 6 rings (SSSR count). The highest BCUT2D eigenvalue weighted by atomic mass is 16.6. The van der Waals surface area contributed by atoms with Crippen molar-refractivity contribution >= 4 is 17.7 Å². The van der Waals surface area contributed by atoms with Crippen LogP contribution in [0.5, 0.6) is 0 Å². The number of benzene rings is 4. The largest absolute Gasteiger partial charge is 0.461 e. The third kappa shape index (κ3) is 7.71. The highest BCUT2D eigenvalue weighted by Crippen LogP contribution is 2.38. The second-order valence-corrected chi connectivity index (χ2v) is 13.8. The van der Waals surface area contributed by atoms with Crippen molar-refractivity contribution < 1.29 is 23.9 Å². The molecule has 0 fully saturated rings. The number of aromatic nitrogens is 2. The normalized spacial score (nSPS) is 14.1. The Kier molecular flexibility index (Phi) is 10.6. The van der Waals surface area contributed by atoms with Crippen LogP contribution in [-0.4, -0.2) is 46.3 Å². The number of hydrogen-bond donors (Lipinski definition) is 1. The molecule has 1 unspecified atom stereocenters. The molecule has 2 heterocycles. The molecule has 0 radical (unpaired) electrons. The first kappa shape index (κ1) is 35.5. The molecule has 262 valence electrons. The first-order valence-corrected chi connectivity index (χ1v) is 17.8. The summed E-state index contributed by atoms with van der Waals surface area (Å²) in [5, 5.41) is 8.33. The SMILES string of the molecule is CCCCc1c(-c2ccc(C(=O)OC(C)(C)C)cc2C(=O)C2NCCc3ccccc32)c(C(=O)OCC)nn1-c1ccc(-c2ccccc2)cc1. The van der Waals surface area contributed by atoms with Gasteiger partial charge in [-0.05, 0) is 99.0 Å². The maximum atomic E-state index is 14.8. The molecule has 5 aromatic rings. The van der Waals surface area contributed by atoms with Gasteiger partial charge in [-0.15, -0.1) is 0 Å². The minimum absolute atomic E-state index is 0.117. The van der Waals surface area contributed by atoms with E-state index in [0.29, 0.717) is 29.7 Å². The molecule has 51 heavy (non-hydrogen) atoms. The molecule has 8 heteroatoms. The predicted octanol–water partition coefficient (Wildman–Crippen LogP) is 8.75. The fraction of sp³-hybridized carbons (Fsp3) is 0.302. The number of esters is 2. The van der Waals surface area contributed by atoms with Gasteiger partial charge >= 0.3 is 11.9 Å². The average molecular weight is 684 g/mol. The van der Waals surface area contributed by atoms with Crippen LogP contribution in [0.1, 0.15) is 102 Å². The minimum Gasteiger partial charge on any atom is -0.461 e. The van der Waals surface area contributed by atoms with E-state index in [1.165, 1.54) is 0 Å². The molecule has 8 nitrogen and oxygen atoms in total. The Morgan fingerprint density at radius 1 is 0.863 bits per heavy atom. The summed E-state index contributed by atoms with van der Waals surface area (Å²) in [5.41, 5.74) is 6.67. The number of rotatable bonds is 11. The van der Waals surface area contributed by atoms with Gasteiger partial charge in [0.05, 0.1) is 29.6 Å². The summed E-state index contributed by atoms with van der Waals surface area (Å²) in [6.45, 7) is 10.1. The quantitative estimate of drug-likeness (QED) is 0.110. The van der Waals surface area contributed by atoms with Crippen LogP contribution in [0.4, 0.5) is 0 Å². The van der Waals surface area contributed by atoms with Gasteiger partial charge in [-0.1, -0.05) is 86.1 Å². The molecule has 0 bridgehead atoms. The molecular formula is C43H45N3O5. The number of Topliss-reactive ketones (excluding diaryl/α,β-unsaturated/α-hetero) is 1. The third-order valence-electron chi connectivity index (χ3n) is 9.00. The van der Waals surface area contributed by atoms with Crippen LogP contribution in [-0.2, 0) is 22.3 Å². The monoisotopic (exact) mass is 683 g/mol. The molecule has 0 saturated heterocycles. The van der Waals surface area contributed by atoms with Crippen molar-refractivity contribution in [3.05, 3.63) is 131 Å². The highest BCUT2D eigenvalue weighted by Gasteiger charge is 2.33. The number of nitrogens with one attached hydrogen (secondary N) is 1. The standard InChI is InChI=1S/C43H45N3O5/c1-6-8-18-36-37(39(42(49)50-7-2)45-46(36)32-22-19-29(20-23-32)28-14-10-9-11-15-28)34-24-21-31(41(48)51-43(3,4)5)27-35(34)40(47)38-33-17-13-12-16-30(33)25-26-44-38/h9-17,19-24,27,38,44H,6-8,18,25-26H2,1-5H3. The molecule has 4 aromatic carbocycles. The lowest BCUT2D eigenvalue weighted by Gasteiger charge is -2.27. The first-order valence-electron chi connectivity index (χ1n) is 17.8. The van der Waals surface area contributed by atoms with Gasteiger partial charge in [0.2, 0.25) is 0 Å². The summed E-state index contributed by atoms with van der Waals surface area (Å²) in [6.07, 6.45) is 3.11. The maximum Gasteiger partial charge on any atom is 0.359 e. The van der Waals surface area contributed by atoms with E-state index in [1.807, 2.05) is 66.7 Å². The van der Waals surface area contributed by atoms with Gasteiger partial charge in [0.15, 0.2) is 11.5 Å². The Morgan fingerprint density at radius 2 is 1.57 bits per heavy atom. The molecule has 1 aliphatic rings. The lowest BCUT2D eigenvalue weighted by Crippen LogP contribution is -2.35. The Bertz CT molecular complexity index is 2040. The molecule has 0 saturated carbocycles. The molecule has 1 atom stereocenters. The van der Waals surface area contributed by atoms with E-state index >= 15 is 0 Å². The smallest absolute Gasteiger partial charge is 0.359 e. The van der Waals surface area contributed by atoms with E-state index in [9.17, 15) is 14.4 Å². The van der Waals surface area contributed by atoms with E-state index in [4.69, 9.17) is 14.6 Å². The Balaban J connectivity index is 1.57. The van der Waals surface area contributed by atoms with Crippen molar-refractivity contribution in [2.24, 2.45) is 0 Å². The Labute approximate surface area is 299 Å². The summed E-state index contributed by atoms with van der Waals surface area (Å²) < 4.78 is 13.1. The van der Waals surface area contributed by atoms with Gasteiger partial charge in [-0.3, -0.25) is 4.79 Å². The second-order valence-electron chi connectivity index (χ2n) is 13.8. The fourth-order valence-electron chi connectivity index (χ4n) is 6.62. The van der Waals surface area contributed by atoms with Gasteiger partial charge in [0.25, 0.3) is 0 Å². The summed E-state index contributed by atoms with van der Waals surface area (Å²) in [4.78, 5) is 42.0. The van der Waals surface area contributed by atoms with Gasteiger partial charge in [0.1, 0.15) is 5.60 Å². The topological polar surface area (TPSA) is 99.5 Å². The van der Waals surface area contributed by atoms with Crippen molar-refractivity contribution in [1.82, 2.24) is 15.1 Å². The van der Waals surface area contributed by atoms with Crippen molar-refractivity contribution in [3.63, 3.8) is 0 Å². The lowest BCUT2D eigenvalue weighted by molar-refractivity contribution is 0.00692. The van der Waals surface area contributed by atoms with Crippen LogP contribution in [0.3, 0.4) is 0 Å². The van der Waals surface area contributed by atoms with E-state index in [0.717, 1.165) is 52.9 Å². The molecule has 1 aromatic heterocycles. The van der Waals surface area contributed by atoms with E-state index in [1.54, 1.807) is 50.6 Å². The fourth-order valence-corrected chi connectivity index (χ4v) is 6.62. The summed E-state index contributed by atoms with van der Waals surface area (Å²) in [6, 6.07) is 30.5. The third-order valence-corrected chi connectivity index (χ3v) is 9.00. The van der Waals surface area contributed by atoms with Crippen LogP contribution in [0.2, 0.25) is 0 Å². The number of ether oxygens (including phenoxy) is 2. The van der Waals surface area contributed by atoms with Crippen LogP contribution >= 0.6 is 0 Å². The number of ketones is 1. The van der Waals surface area contributed by atoms with Crippen LogP contribution in [0.25, 0.3) is 27.9 Å². The minimum atomic E-state index is -0.731. The maximum absolute atomic E-state index is 14.8. The van der Waals surface area contributed by atoms with Crippen molar-refractivity contribution in [2.75, 3.05) is 13.2 Å². The predicted molar refractivity (Wildman–Crippen MR) is 199 cm³/mol. The van der Waals surface area contributed by atoms with Crippen LogP contribution in [0.15, 0.2) is 97.1 Å². The first-order chi connectivity index (χ1) is 24.6. The zero-order valence-electron chi connectivity index (χ0n) is 30.0. The van der Waals surface area contributed by atoms with E-state index in [-0.39, 0.29) is 23.6 Å². The molecule has 1 N–H and O–H groups in total. The number of hydrogen-bond acceptors (Lipinski definition) is 7. The zero-order valence-corrected chi connectivity index (χ0v) is 30.0. The lowest BCUT2D eigenvalue weighted by atomic mass is 9.85. The number of carbonyl (C=O) groups is 3. The van der Waals surface area contributed by atoms with Gasteiger partial charge in [0, 0.05) is 17.7 Å². The van der Waals surface area contributed by atoms with E-state index < -0.39 is 23.6 Å². The summed E-state index contributed by atoms with van der Waals surface area (Å²) in [7, 11) is 0. The molecule has 1 aliphatic heterocycles.